The third-order valence-electron chi connectivity index (χ3n) is 3.18. The molecular formula is C15H19N3OS. The van der Waals surface area contributed by atoms with E-state index in [1.165, 1.54) is 10.5 Å². The monoisotopic (exact) mass is 289 g/mol. The van der Waals surface area contributed by atoms with Crippen LogP contribution in [0.3, 0.4) is 0 Å². The largest absolute Gasteiger partial charge is 0.481 e. The van der Waals surface area contributed by atoms with Crippen LogP contribution in [0.4, 0.5) is 0 Å². The summed E-state index contributed by atoms with van der Waals surface area (Å²) in [5.74, 6) is 0.600. The molecule has 1 heterocycles. The Kier molecular flexibility index (Phi) is 5.38. The number of ether oxygens (including phenoxy) is 1. The molecule has 0 amide bonds. The Morgan fingerprint density at radius 2 is 2.10 bits per heavy atom. The smallest absolute Gasteiger partial charge is 0.216 e. The zero-order valence-corrected chi connectivity index (χ0v) is 12.8. The third-order valence-corrected chi connectivity index (χ3v) is 4.00. The van der Waals surface area contributed by atoms with Crippen molar-refractivity contribution in [2.45, 2.75) is 17.4 Å². The number of thioether (sulfide) groups is 1. The molecule has 1 aromatic heterocycles. The van der Waals surface area contributed by atoms with Gasteiger partial charge in [-0.05, 0) is 24.9 Å². The molecular weight excluding hydrogens is 270 g/mol. The highest BCUT2D eigenvalue weighted by Gasteiger charge is 2.14. The Labute approximate surface area is 124 Å². The number of methoxy groups -OCH3 is 1. The van der Waals surface area contributed by atoms with Gasteiger partial charge in [0.2, 0.25) is 5.88 Å². The summed E-state index contributed by atoms with van der Waals surface area (Å²) in [4.78, 5) is 9.64. The minimum Gasteiger partial charge on any atom is -0.481 e. The molecule has 0 saturated heterocycles. The molecule has 0 radical (unpaired) electrons. The van der Waals surface area contributed by atoms with Gasteiger partial charge >= 0.3 is 0 Å². The summed E-state index contributed by atoms with van der Waals surface area (Å²) in [6, 6.07) is 10.5. The molecule has 2 rings (SSSR count). The molecule has 1 N–H and O–H groups in total. The fourth-order valence-corrected chi connectivity index (χ4v) is 2.79. The molecule has 5 heteroatoms. The first-order valence-electron chi connectivity index (χ1n) is 6.43. The number of likely N-dealkylation sites (N-methyl/N-ethyl adjacent to an activating group) is 1. The number of hydrogen-bond donors (Lipinski definition) is 1. The SMILES string of the molecule is CNC(Cc1cc(OC)ncn1)c1ccccc1SC. The summed E-state index contributed by atoms with van der Waals surface area (Å²) in [7, 11) is 3.59. The van der Waals surface area contributed by atoms with E-state index in [4.69, 9.17) is 4.74 Å². The Morgan fingerprint density at radius 1 is 1.30 bits per heavy atom. The van der Waals surface area contributed by atoms with E-state index in [1.54, 1.807) is 25.2 Å². The van der Waals surface area contributed by atoms with Crippen molar-refractivity contribution >= 4 is 11.8 Å². The zero-order chi connectivity index (χ0) is 14.4. The van der Waals surface area contributed by atoms with Crippen LogP contribution in [0.2, 0.25) is 0 Å². The summed E-state index contributed by atoms with van der Waals surface area (Å²) in [5, 5.41) is 3.36. The van der Waals surface area contributed by atoms with E-state index in [-0.39, 0.29) is 6.04 Å². The number of nitrogens with one attached hydrogen (secondary N) is 1. The first-order valence-corrected chi connectivity index (χ1v) is 7.66. The van der Waals surface area contributed by atoms with E-state index in [2.05, 4.69) is 45.8 Å². The second-order valence-corrected chi connectivity index (χ2v) is 5.19. The van der Waals surface area contributed by atoms with Crippen molar-refractivity contribution in [3.8, 4) is 5.88 Å². The molecule has 1 unspecified atom stereocenters. The molecule has 4 nitrogen and oxygen atoms in total. The molecule has 0 aliphatic carbocycles. The van der Waals surface area contributed by atoms with Gasteiger partial charge in [0.15, 0.2) is 0 Å². The van der Waals surface area contributed by atoms with E-state index in [9.17, 15) is 0 Å². The quantitative estimate of drug-likeness (QED) is 0.829. The van der Waals surface area contributed by atoms with Crippen LogP contribution in [0.1, 0.15) is 17.3 Å². The van der Waals surface area contributed by atoms with Gasteiger partial charge in [0, 0.05) is 29.1 Å². The highest BCUT2D eigenvalue weighted by molar-refractivity contribution is 7.98. The number of hydrogen-bond acceptors (Lipinski definition) is 5. The van der Waals surface area contributed by atoms with Crippen molar-refractivity contribution in [1.82, 2.24) is 15.3 Å². The predicted octanol–water partition coefficient (Wildman–Crippen LogP) is 2.71. The summed E-state index contributed by atoms with van der Waals surface area (Å²) < 4.78 is 5.15. The summed E-state index contributed by atoms with van der Waals surface area (Å²) in [6.45, 7) is 0. The lowest BCUT2D eigenvalue weighted by molar-refractivity contribution is 0.395. The zero-order valence-electron chi connectivity index (χ0n) is 12.0. The van der Waals surface area contributed by atoms with Crippen LogP contribution in [0.5, 0.6) is 5.88 Å². The molecule has 106 valence electrons. The van der Waals surface area contributed by atoms with Gasteiger partial charge < -0.3 is 10.1 Å². The van der Waals surface area contributed by atoms with E-state index >= 15 is 0 Å². The number of rotatable bonds is 6. The van der Waals surface area contributed by atoms with E-state index in [0.717, 1.165) is 12.1 Å². The number of aromatic nitrogens is 2. The van der Waals surface area contributed by atoms with Crippen LogP contribution in [0, 0.1) is 0 Å². The molecule has 1 atom stereocenters. The van der Waals surface area contributed by atoms with Gasteiger partial charge in [0.25, 0.3) is 0 Å². The van der Waals surface area contributed by atoms with Gasteiger partial charge in [-0.1, -0.05) is 18.2 Å². The summed E-state index contributed by atoms with van der Waals surface area (Å²) in [6.07, 6.45) is 4.44. The van der Waals surface area contributed by atoms with Gasteiger partial charge in [0.1, 0.15) is 6.33 Å². The molecule has 0 fully saturated rings. The van der Waals surface area contributed by atoms with Gasteiger partial charge in [-0.3, -0.25) is 0 Å². The van der Waals surface area contributed by atoms with E-state index in [1.807, 2.05) is 13.1 Å². The Bertz CT molecular complexity index is 562. The lowest BCUT2D eigenvalue weighted by Gasteiger charge is -2.19. The van der Waals surface area contributed by atoms with Crippen LogP contribution in [-0.4, -0.2) is 30.4 Å². The van der Waals surface area contributed by atoms with Gasteiger partial charge in [0.05, 0.1) is 7.11 Å². The fourth-order valence-electron chi connectivity index (χ4n) is 2.13. The van der Waals surface area contributed by atoms with Gasteiger partial charge in [-0.25, -0.2) is 9.97 Å². The highest BCUT2D eigenvalue weighted by atomic mass is 32.2. The van der Waals surface area contributed by atoms with Gasteiger partial charge in [-0.2, -0.15) is 0 Å². The topological polar surface area (TPSA) is 47.0 Å². The minimum atomic E-state index is 0.221. The maximum absolute atomic E-state index is 5.15. The lowest BCUT2D eigenvalue weighted by Crippen LogP contribution is -2.20. The second-order valence-electron chi connectivity index (χ2n) is 4.34. The molecule has 0 spiro atoms. The molecule has 20 heavy (non-hydrogen) atoms. The van der Waals surface area contributed by atoms with Crippen LogP contribution in [0.25, 0.3) is 0 Å². The molecule has 0 saturated carbocycles. The van der Waals surface area contributed by atoms with Crippen molar-refractivity contribution in [2.24, 2.45) is 0 Å². The van der Waals surface area contributed by atoms with Gasteiger partial charge in [-0.15, -0.1) is 11.8 Å². The molecule has 0 aliphatic rings. The number of benzene rings is 1. The Balaban J connectivity index is 2.24. The first kappa shape index (κ1) is 14.8. The normalized spacial score (nSPS) is 12.2. The minimum absolute atomic E-state index is 0.221. The highest BCUT2D eigenvalue weighted by Crippen LogP contribution is 2.27. The maximum atomic E-state index is 5.15. The van der Waals surface area contributed by atoms with Crippen molar-refractivity contribution < 1.29 is 4.74 Å². The van der Waals surface area contributed by atoms with E-state index in [0.29, 0.717) is 5.88 Å². The standard InChI is InChI=1S/C15H19N3OS/c1-16-13(12-6-4-5-7-14(12)20-3)8-11-9-15(19-2)18-10-17-11/h4-7,9-10,13,16H,8H2,1-3H3. The molecule has 1 aromatic carbocycles. The Morgan fingerprint density at radius 3 is 2.80 bits per heavy atom. The second kappa shape index (κ2) is 7.26. The molecule has 0 aliphatic heterocycles. The number of nitrogens with zero attached hydrogens (tertiary/aromatic N) is 2. The van der Waals surface area contributed by atoms with Crippen molar-refractivity contribution in [2.75, 3.05) is 20.4 Å². The first-order chi connectivity index (χ1) is 9.78. The average molecular weight is 289 g/mol. The van der Waals surface area contributed by atoms with Crippen LogP contribution in [-0.2, 0) is 6.42 Å². The van der Waals surface area contributed by atoms with Crippen LogP contribution in [0.15, 0.2) is 41.6 Å². The molecule has 0 bridgehead atoms. The third kappa shape index (κ3) is 3.49. The fraction of sp³-hybridized carbons (Fsp3) is 0.333. The van der Waals surface area contributed by atoms with Crippen molar-refractivity contribution in [3.63, 3.8) is 0 Å². The van der Waals surface area contributed by atoms with Crippen molar-refractivity contribution in [1.29, 1.82) is 0 Å². The maximum Gasteiger partial charge on any atom is 0.216 e. The molecule has 2 aromatic rings. The summed E-state index contributed by atoms with van der Waals surface area (Å²) in [5.41, 5.74) is 2.26. The van der Waals surface area contributed by atoms with Crippen LogP contribution >= 0.6 is 11.8 Å². The lowest BCUT2D eigenvalue weighted by atomic mass is 10.0. The Hall–Kier alpha value is -1.59. The summed E-state index contributed by atoms with van der Waals surface area (Å²) >= 11 is 1.76. The van der Waals surface area contributed by atoms with Crippen LogP contribution < -0.4 is 10.1 Å². The van der Waals surface area contributed by atoms with Crippen molar-refractivity contribution in [3.05, 3.63) is 47.9 Å². The average Bonchev–Trinajstić information content (AvgIpc) is 2.52. The predicted molar refractivity (Wildman–Crippen MR) is 82.3 cm³/mol. The van der Waals surface area contributed by atoms with E-state index < -0.39 is 0 Å².